The molecule has 2 heterocycles. The van der Waals surface area contributed by atoms with E-state index >= 15 is 0 Å². The Balaban J connectivity index is 2.00. The third-order valence-corrected chi connectivity index (χ3v) is 3.52. The molecule has 0 atom stereocenters. The van der Waals surface area contributed by atoms with Gasteiger partial charge < -0.3 is 10.0 Å². The quantitative estimate of drug-likeness (QED) is 0.821. The van der Waals surface area contributed by atoms with Crippen LogP contribution in [0.5, 0.6) is 0 Å². The van der Waals surface area contributed by atoms with Crippen molar-refractivity contribution in [1.82, 2.24) is 19.9 Å². The molecule has 0 aromatic carbocycles. The van der Waals surface area contributed by atoms with Crippen molar-refractivity contribution >= 4 is 17.3 Å². The maximum atomic E-state index is 9.16. The molecule has 108 valence electrons. The van der Waals surface area contributed by atoms with Gasteiger partial charge in [-0.1, -0.05) is 0 Å². The lowest BCUT2D eigenvalue weighted by molar-refractivity contribution is 0.184. The summed E-state index contributed by atoms with van der Waals surface area (Å²) in [5.74, 6) is 0.697. The van der Waals surface area contributed by atoms with Crippen LogP contribution in [0.25, 0.3) is 0 Å². The Morgan fingerprint density at radius 1 is 1.15 bits per heavy atom. The molecule has 7 heteroatoms. The van der Waals surface area contributed by atoms with Crippen molar-refractivity contribution in [2.24, 2.45) is 0 Å². The number of rotatable bonds is 7. The number of nitrogens with zero attached hydrogens (tertiary/aromatic N) is 5. The largest absolute Gasteiger partial charge is 0.395 e. The van der Waals surface area contributed by atoms with E-state index in [4.69, 9.17) is 5.11 Å². The highest BCUT2D eigenvalue weighted by molar-refractivity contribution is 7.09. The van der Waals surface area contributed by atoms with Crippen LogP contribution in [0.4, 0.5) is 5.95 Å². The van der Waals surface area contributed by atoms with Gasteiger partial charge in [0.25, 0.3) is 0 Å². The molecule has 0 amide bonds. The number of hydrogen-bond donors (Lipinski definition) is 1. The van der Waals surface area contributed by atoms with E-state index in [9.17, 15) is 0 Å². The van der Waals surface area contributed by atoms with Gasteiger partial charge in [-0.25, -0.2) is 15.0 Å². The van der Waals surface area contributed by atoms with Gasteiger partial charge >= 0.3 is 0 Å². The van der Waals surface area contributed by atoms with Crippen LogP contribution in [-0.4, -0.2) is 52.2 Å². The fourth-order valence-electron chi connectivity index (χ4n) is 1.80. The predicted octanol–water partition coefficient (Wildman–Crippen LogP) is 0.994. The average molecular weight is 293 g/mol. The van der Waals surface area contributed by atoms with E-state index in [2.05, 4.69) is 19.9 Å². The number of aromatic nitrogens is 3. The second-order valence-corrected chi connectivity index (χ2v) is 5.62. The van der Waals surface area contributed by atoms with Gasteiger partial charge in [0.1, 0.15) is 5.01 Å². The first-order valence-electron chi connectivity index (χ1n) is 6.39. The molecule has 0 bridgehead atoms. The molecule has 2 aromatic heterocycles. The summed E-state index contributed by atoms with van der Waals surface area (Å²) in [5.41, 5.74) is 1.03. The standard InChI is InChI=1S/C13H19N5OS/c1-17(2)13-15-7-11(8-16-13)9-18(4-5-19)10-12-14-3-6-20-12/h3,6-8,19H,4-5,9-10H2,1-2H3. The summed E-state index contributed by atoms with van der Waals surface area (Å²) in [6.45, 7) is 2.17. The zero-order valence-corrected chi connectivity index (χ0v) is 12.5. The lowest BCUT2D eigenvalue weighted by Crippen LogP contribution is -2.26. The van der Waals surface area contributed by atoms with Crippen molar-refractivity contribution in [1.29, 1.82) is 0 Å². The molecule has 0 aliphatic carbocycles. The number of aliphatic hydroxyl groups is 1. The first-order valence-corrected chi connectivity index (χ1v) is 7.27. The van der Waals surface area contributed by atoms with Crippen LogP contribution in [0.2, 0.25) is 0 Å². The van der Waals surface area contributed by atoms with Crippen LogP contribution in [0.1, 0.15) is 10.6 Å². The topological polar surface area (TPSA) is 65.4 Å². The van der Waals surface area contributed by atoms with Crippen molar-refractivity contribution in [2.75, 3.05) is 32.1 Å². The van der Waals surface area contributed by atoms with Crippen LogP contribution in [-0.2, 0) is 13.1 Å². The fraction of sp³-hybridized carbons (Fsp3) is 0.462. The highest BCUT2D eigenvalue weighted by Gasteiger charge is 2.09. The predicted molar refractivity (Wildman–Crippen MR) is 79.7 cm³/mol. The molecule has 0 aliphatic heterocycles. The van der Waals surface area contributed by atoms with Crippen LogP contribution in [0.15, 0.2) is 24.0 Å². The molecule has 0 saturated carbocycles. The van der Waals surface area contributed by atoms with Crippen LogP contribution < -0.4 is 4.90 Å². The first kappa shape index (κ1) is 14.8. The van der Waals surface area contributed by atoms with Gasteiger partial charge in [-0.3, -0.25) is 4.90 Å². The van der Waals surface area contributed by atoms with Gasteiger partial charge in [-0.05, 0) is 0 Å². The number of hydrogen-bond acceptors (Lipinski definition) is 7. The molecule has 0 radical (unpaired) electrons. The molecule has 2 rings (SSSR count). The minimum atomic E-state index is 0.127. The summed E-state index contributed by atoms with van der Waals surface area (Å²) in [7, 11) is 3.82. The molecule has 6 nitrogen and oxygen atoms in total. The molecule has 0 fully saturated rings. The average Bonchev–Trinajstić information content (AvgIpc) is 2.92. The van der Waals surface area contributed by atoms with Crippen molar-refractivity contribution in [3.63, 3.8) is 0 Å². The van der Waals surface area contributed by atoms with E-state index < -0.39 is 0 Å². The third kappa shape index (κ3) is 4.22. The van der Waals surface area contributed by atoms with Gasteiger partial charge in [0.2, 0.25) is 5.95 Å². The second kappa shape index (κ2) is 7.28. The van der Waals surface area contributed by atoms with E-state index in [1.807, 2.05) is 36.8 Å². The Labute approximate surface area is 122 Å². The SMILES string of the molecule is CN(C)c1ncc(CN(CCO)Cc2nccs2)cn1. The summed E-state index contributed by atoms with van der Waals surface area (Å²) in [6.07, 6.45) is 5.45. The van der Waals surface area contributed by atoms with Crippen molar-refractivity contribution in [3.05, 3.63) is 34.5 Å². The summed E-state index contributed by atoms with van der Waals surface area (Å²) in [4.78, 5) is 16.9. The monoisotopic (exact) mass is 293 g/mol. The lowest BCUT2D eigenvalue weighted by atomic mass is 10.3. The van der Waals surface area contributed by atoms with Gasteiger partial charge in [-0.15, -0.1) is 11.3 Å². The van der Waals surface area contributed by atoms with Gasteiger partial charge in [0.15, 0.2) is 0 Å². The van der Waals surface area contributed by atoms with Crippen molar-refractivity contribution < 1.29 is 5.11 Å². The normalized spacial score (nSPS) is 11.0. The molecule has 20 heavy (non-hydrogen) atoms. The van der Waals surface area contributed by atoms with Crippen molar-refractivity contribution in [2.45, 2.75) is 13.1 Å². The van der Waals surface area contributed by atoms with E-state index in [0.29, 0.717) is 19.0 Å². The number of thiazole rings is 1. The molecule has 0 spiro atoms. The Hall–Kier alpha value is -1.57. The molecular formula is C13H19N5OS. The summed E-state index contributed by atoms with van der Waals surface area (Å²) < 4.78 is 0. The summed E-state index contributed by atoms with van der Waals surface area (Å²) >= 11 is 1.62. The van der Waals surface area contributed by atoms with Crippen LogP contribution in [0, 0.1) is 0 Å². The number of anilines is 1. The highest BCUT2D eigenvalue weighted by Crippen LogP contribution is 2.11. The van der Waals surface area contributed by atoms with E-state index in [1.165, 1.54) is 0 Å². The third-order valence-electron chi connectivity index (χ3n) is 2.76. The second-order valence-electron chi connectivity index (χ2n) is 4.65. The van der Waals surface area contributed by atoms with Gasteiger partial charge in [-0.2, -0.15) is 0 Å². The van der Waals surface area contributed by atoms with Crippen LogP contribution >= 0.6 is 11.3 Å². The first-order chi connectivity index (χ1) is 9.69. The Morgan fingerprint density at radius 2 is 1.90 bits per heavy atom. The van der Waals surface area contributed by atoms with E-state index in [0.717, 1.165) is 17.1 Å². The van der Waals surface area contributed by atoms with E-state index in [-0.39, 0.29) is 6.61 Å². The molecule has 0 saturated heterocycles. The molecular weight excluding hydrogens is 274 g/mol. The molecule has 2 aromatic rings. The zero-order valence-electron chi connectivity index (χ0n) is 11.7. The van der Waals surface area contributed by atoms with Crippen LogP contribution in [0.3, 0.4) is 0 Å². The Morgan fingerprint density at radius 3 is 2.45 bits per heavy atom. The summed E-state index contributed by atoms with van der Waals surface area (Å²) in [6, 6.07) is 0. The highest BCUT2D eigenvalue weighted by atomic mass is 32.1. The van der Waals surface area contributed by atoms with E-state index in [1.54, 1.807) is 17.5 Å². The minimum absolute atomic E-state index is 0.127. The maximum Gasteiger partial charge on any atom is 0.224 e. The Kier molecular flexibility index (Phi) is 5.40. The zero-order chi connectivity index (χ0) is 14.4. The smallest absolute Gasteiger partial charge is 0.224 e. The van der Waals surface area contributed by atoms with Gasteiger partial charge in [0.05, 0.1) is 13.2 Å². The number of aliphatic hydroxyl groups excluding tert-OH is 1. The summed E-state index contributed by atoms with van der Waals surface area (Å²) in [5, 5.41) is 12.2. The maximum absolute atomic E-state index is 9.16. The minimum Gasteiger partial charge on any atom is -0.395 e. The fourth-order valence-corrected chi connectivity index (χ4v) is 2.45. The lowest BCUT2D eigenvalue weighted by Gasteiger charge is -2.20. The van der Waals surface area contributed by atoms with Gasteiger partial charge in [0, 0.05) is 56.7 Å². The Bertz CT molecular complexity index is 500. The molecule has 1 N–H and O–H groups in total. The van der Waals surface area contributed by atoms with Crippen molar-refractivity contribution in [3.8, 4) is 0 Å². The molecule has 0 aliphatic rings. The molecule has 0 unspecified atom stereocenters.